The van der Waals surface area contributed by atoms with E-state index in [1.54, 1.807) is 0 Å². The van der Waals surface area contributed by atoms with Gasteiger partial charge in [0.1, 0.15) is 0 Å². The van der Waals surface area contributed by atoms with Crippen LogP contribution in [0.1, 0.15) is 62.5 Å². The van der Waals surface area contributed by atoms with Crippen LogP contribution < -0.4 is 20.9 Å². The summed E-state index contributed by atoms with van der Waals surface area (Å²) in [5, 5.41) is 8.57. The fourth-order valence-corrected chi connectivity index (χ4v) is 8.64. The quantitative estimate of drug-likeness (QED) is 0.299. The molecule has 0 saturated heterocycles. The van der Waals surface area contributed by atoms with Crippen LogP contribution in [0.15, 0.2) is 108 Å². The van der Waals surface area contributed by atoms with Gasteiger partial charge in [-0.2, -0.15) is 0 Å². The van der Waals surface area contributed by atoms with Crippen LogP contribution in [-0.2, 0) is 0 Å². The van der Waals surface area contributed by atoms with Gasteiger partial charge in [0.2, 0.25) is 0 Å². The van der Waals surface area contributed by atoms with Crippen LogP contribution >= 0.6 is 0 Å². The van der Waals surface area contributed by atoms with Gasteiger partial charge < -0.3 is 0 Å². The van der Waals surface area contributed by atoms with Crippen LogP contribution in [-0.4, -0.2) is 0 Å². The van der Waals surface area contributed by atoms with E-state index in [-0.39, 0.29) is 0 Å². The molecule has 3 aromatic rings. The Hall–Kier alpha value is -4.42. The number of rotatable bonds is 3. The van der Waals surface area contributed by atoms with Crippen LogP contribution in [0.2, 0.25) is 0 Å². The van der Waals surface area contributed by atoms with Crippen molar-refractivity contribution in [3.8, 4) is 11.1 Å². The van der Waals surface area contributed by atoms with Gasteiger partial charge in [-0.05, 0) is 133 Å². The number of fused-ring (bicyclic) bond motifs is 5. The van der Waals surface area contributed by atoms with E-state index in [1.165, 1.54) is 89.0 Å². The molecule has 0 nitrogen and oxygen atoms in total. The molecule has 0 bridgehead atoms. The van der Waals surface area contributed by atoms with Gasteiger partial charge in [0.05, 0.1) is 0 Å². The van der Waals surface area contributed by atoms with Crippen molar-refractivity contribution in [1.82, 2.24) is 0 Å². The normalized spacial score (nSPS) is 22.8. The van der Waals surface area contributed by atoms with Gasteiger partial charge in [-0.15, -0.1) is 0 Å². The number of benzene rings is 3. The number of hydrogen-bond acceptors (Lipinski definition) is 0. The zero-order valence-corrected chi connectivity index (χ0v) is 25.4. The molecule has 0 radical (unpaired) electrons. The van der Waals surface area contributed by atoms with Crippen LogP contribution in [0, 0.1) is 11.8 Å². The molecule has 0 aromatic heterocycles. The highest BCUT2D eigenvalue weighted by atomic mass is 14.3. The first-order valence-electron chi connectivity index (χ1n) is 16.8. The van der Waals surface area contributed by atoms with Gasteiger partial charge in [0.15, 0.2) is 0 Å². The van der Waals surface area contributed by atoms with Gasteiger partial charge in [0.25, 0.3) is 0 Å². The van der Waals surface area contributed by atoms with Crippen molar-refractivity contribution >= 4 is 46.2 Å². The van der Waals surface area contributed by atoms with E-state index >= 15 is 0 Å². The largest absolute Gasteiger partial charge is 0.0842 e. The zero-order chi connectivity index (χ0) is 29.0. The van der Waals surface area contributed by atoms with Gasteiger partial charge >= 0.3 is 0 Å². The minimum atomic E-state index is 0.487. The minimum absolute atomic E-state index is 0.487. The lowest BCUT2D eigenvalue weighted by Gasteiger charge is -2.28. The van der Waals surface area contributed by atoms with E-state index in [9.17, 15) is 0 Å². The van der Waals surface area contributed by atoms with E-state index in [0.717, 1.165) is 38.5 Å². The molecule has 2 atom stereocenters. The Kier molecular flexibility index (Phi) is 6.29. The highest BCUT2D eigenvalue weighted by Gasteiger charge is 2.25. The second-order valence-corrected chi connectivity index (χ2v) is 13.2. The zero-order valence-electron chi connectivity index (χ0n) is 25.4. The summed E-state index contributed by atoms with van der Waals surface area (Å²) in [5.74, 6) is 1.13. The standard InChI is InChI=1S/C44H38/c1-3-13-31-27-33(23-21-29(31)11-1)35-25-26-42(37-16-6-5-15-36(35)37)44-40-19-9-7-17-38(40)43(39-18-8-10-20-41(39)44)34-24-22-30-12-2-4-14-32(30)28-34/h1-3,7,9,11-13,15-26,31-32H,4-6,8,10,14,27-28H2. The molecule has 2 unspecified atom stereocenters. The third kappa shape index (κ3) is 4.19. The third-order valence-corrected chi connectivity index (χ3v) is 10.7. The lowest BCUT2D eigenvalue weighted by Crippen LogP contribution is -2.37. The lowest BCUT2D eigenvalue weighted by atomic mass is 9.76. The average molecular weight is 567 g/mol. The summed E-state index contributed by atoms with van der Waals surface area (Å²) < 4.78 is 0. The van der Waals surface area contributed by atoms with Crippen molar-refractivity contribution in [3.05, 3.63) is 140 Å². The Bertz CT molecular complexity index is 2220. The summed E-state index contributed by atoms with van der Waals surface area (Å²) in [4.78, 5) is 0. The minimum Gasteiger partial charge on any atom is -0.0842 e. The third-order valence-electron chi connectivity index (χ3n) is 10.7. The topological polar surface area (TPSA) is 0 Å². The maximum Gasteiger partial charge on any atom is 0.00617 e. The first kappa shape index (κ1) is 26.0. The second kappa shape index (κ2) is 10.6. The summed E-state index contributed by atoms with van der Waals surface area (Å²) >= 11 is 0. The maximum absolute atomic E-state index is 2.54. The van der Waals surface area contributed by atoms with Crippen molar-refractivity contribution in [2.45, 2.75) is 51.4 Å². The molecule has 0 amide bonds. The van der Waals surface area contributed by atoms with E-state index < -0.39 is 0 Å². The lowest BCUT2D eigenvalue weighted by molar-refractivity contribution is 0.573. The van der Waals surface area contributed by atoms with Crippen molar-refractivity contribution < 1.29 is 0 Å². The first-order valence-corrected chi connectivity index (χ1v) is 16.8. The maximum atomic E-state index is 2.54. The smallest absolute Gasteiger partial charge is 0.00617 e. The number of allylic oxidation sites excluding steroid dienone is 14. The molecular formula is C44H38. The van der Waals surface area contributed by atoms with Crippen molar-refractivity contribution in [2.75, 3.05) is 0 Å². The Labute approximate surface area is 260 Å². The molecule has 214 valence electrons. The molecule has 3 aromatic carbocycles. The van der Waals surface area contributed by atoms with Crippen LogP contribution in [0.4, 0.5) is 0 Å². The molecule has 6 aliphatic rings. The Morgan fingerprint density at radius 3 is 2.05 bits per heavy atom. The van der Waals surface area contributed by atoms with E-state index in [0.29, 0.717) is 11.8 Å². The molecule has 0 saturated carbocycles. The molecule has 9 rings (SSSR count). The van der Waals surface area contributed by atoms with Crippen molar-refractivity contribution in [2.24, 2.45) is 11.8 Å². The molecule has 6 aliphatic carbocycles. The fraction of sp³-hybridized carbons (Fsp3) is 0.227. The molecular weight excluding hydrogens is 528 g/mol. The molecule has 0 N–H and O–H groups in total. The van der Waals surface area contributed by atoms with Crippen LogP contribution in [0.3, 0.4) is 0 Å². The fourth-order valence-electron chi connectivity index (χ4n) is 8.64. The molecule has 44 heavy (non-hydrogen) atoms. The van der Waals surface area contributed by atoms with Gasteiger partial charge in [-0.25, -0.2) is 0 Å². The predicted octanol–water partition coefficient (Wildman–Crippen LogP) is 8.35. The molecule has 0 fully saturated rings. The molecule has 0 heteroatoms. The Balaban J connectivity index is 1.28. The summed E-state index contributed by atoms with van der Waals surface area (Å²) in [6.45, 7) is 0. The summed E-state index contributed by atoms with van der Waals surface area (Å²) in [6, 6.07) is 14.1. The highest BCUT2D eigenvalue weighted by Crippen LogP contribution is 2.39. The SMILES string of the molecule is C1=CC2=CC=C(c3ccc(-c4c5c(c(C6=CC=C7C=CCCC7C6)c6ccccc46)=CCCC=5)c4c3=CCCC=4)CC2C=C1. The van der Waals surface area contributed by atoms with Crippen LogP contribution in [0.5, 0.6) is 0 Å². The van der Waals surface area contributed by atoms with Crippen LogP contribution in [0.25, 0.3) is 57.3 Å². The van der Waals surface area contributed by atoms with E-state index in [1.807, 2.05) is 0 Å². The van der Waals surface area contributed by atoms with Gasteiger partial charge in [0, 0.05) is 5.92 Å². The summed E-state index contributed by atoms with van der Waals surface area (Å²) in [7, 11) is 0. The molecule has 0 spiro atoms. The summed E-state index contributed by atoms with van der Waals surface area (Å²) in [5.41, 5.74) is 11.6. The molecule has 0 aliphatic heterocycles. The average Bonchev–Trinajstić information content (AvgIpc) is 3.10. The molecule has 0 heterocycles. The Morgan fingerprint density at radius 2 is 1.20 bits per heavy atom. The van der Waals surface area contributed by atoms with Gasteiger partial charge in [-0.1, -0.05) is 121 Å². The monoisotopic (exact) mass is 566 g/mol. The second-order valence-electron chi connectivity index (χ2n) is 13.2. The van der Waals surface area contributed by atoms with Crippen molar-refractivity contribution in [1.29, 1.82) is 0 Å². The van der Waals surface area contributed by atoms with E-state index in [2.05, 4.69) is 121 Å². The predicted molar refractivity (Wildman–Crippen MR) is 189 cm³/mol. The first-order chi connectivity index (χ1) is 21.8. The Morgan fingerprint density at radius 1 is 0.523 bits per heavy atom. The van der Waals surface area contributed by atoms with Crippen molar-refractivity contribution in [3.63, 3.8) is 0 Å². The summed E-state index contributed by atoms with van der Waals surface area (Å²) in [6.07, 6.45) is 42.5. The van der Waals surface area contributed by atoms with Gasteiger partial charge in [-0.3, -0.25) is 0 Å². The highest BCUT2D eigenvalue weighted by molar-refractivity contribution is 6.04. The number of hydrogen-bond donors (Lipinski definition) is 0. The van der Waals surface area contributed by atoms with E-state index in [4.69, 9.17) is 0 Å².